The Bertz CT molecular complexity index is 875. The SMILES string of the molecule is CC(C)Oc1ccc(Cl)c(CC2CCN(CC3=CCN(c4ccccc4)CN3)CC2)c1. The molecule has 2 aliphatic rings. The highest BCUT2D eigenvalue weighted by Gasteiger charge is 2.22. The van der Waals surface area contributed by atoms with Gasteiger partial charge in [0.1, 0.15) is 5.75 Å². The Kier molecular flexibility index (Phi) is 7.41. The maximum atomic E-state index is 6.48. The third kappa shape index (κ3) is 6.18. The zero-order chi connectivity index (χ0) is 21.6. The molecule has 0 amide bonds. The fraction of sp³-hybridized carbons (Fsp3) is 0.462. The van der Waals surface area contributed by atoms with Crippen LogP contribution in [0.1, 0.15) is 32.3 Å². The van der Waals surface area contributed by atoms with Crippen molar-refractivity contribution >= 4 is 17.3 Å². The van der Waals surface area contributed by atoms with Crippen LogP contribution in [0.4, 0.5) is 5.69 Å². The number of hydrogen-bond acceptors (Lipinski definition) is 4. The van der Waals surface area contributed by atoms with E-state index < -0.39 is 0 Å². The standard InChI is InChI=1S/C26H34ClN3O/c1-20(2)31-25-8-9-26(27)22(17-25)16-21-10-13-29(14-11-21)18-23-12-15-30(19-28-23)24-6-4-3-5-7-24/h3-9,12,17,20-21,28H,10-11,13-16,18-19H2,1-2H3. The van der Waals surface area contributed by atoms with Crippen LogP contribution in [0.15, 0.2) is 60.3 Å². The lowest BCUT2D eigenvalue weighted by Crippen LogP contribution is -2.43. The van der Waals surface area contributed by atoms with Gasteiger partial charge in [-0.05, 0) is 94.1 Å². The molecule has 0 radical (unpaired) electrons. The summed E-state index contributed by atoms with van der Waals surface area (Å²) in [6.45, 7) is 9.26. The maximum absolute atomic E-state index is 6.48. The van der Waals surface area contributed by atoms with Crippen LogP contribution in [0.5, 0.6) is 5.75 Å². The number of nitrogens with one attached hydrogen (secondary N) is 1. The number of hydrogen-bond donors (Lipinski definition) is 1. The third-order valence-corrected chi connectivity index (χ3v) is 6.54. The minimum Gasteiger partial charge on any atom is -0.491 e. The molecule has 0 aromatic heterocycles. The number of benzene rings is 2. The molecule has 2 heterocycles. The molecule has 31 heavy (non-hydrogen) atoms. The second-order valence-corrected chi connectivity index (χ2v) is 9.37. The van der Waals surface area contributed by atoms with E-state index in [-0.39, 0.29) is 6.10 Å². The number of nitrogens with zero attached hydrogens (tertiary/aromatic N) is 2. The van der Waals surface area contributed by atoms with Gasteiger partial charge in [0.2, 0.25) is 0 Å². The minimum atomic E-state index is 0.180. The molecule has 0 atom stereocenters. The molecule has 0 spiro atoms. The van der Waals surface area contributed by atoms with Crippen molar-refractivity contribution in [3.63, 3.8) is 0 Å². The van der Waals surface area contributed by atoms with Crippen LogP contribution in [0, 0.1) is 5.92 Å². The molecular formula is C26H34ClN3O. The quantitative estimate of drug-likeness (QED) is 0.630. The summed E-state index contributed by atoms with van der Waals surface area (Å²) < 4.78 is 5.85. The van der Waals surface area contributed by atoms with Crippen molar-refractivity contribution in [2.45, 2.75) is 39.2 Å². The summed E-state index contributed by atoms with van der Waals surface area (Å²) in [4.78, 5) is 4.93. The van der Waals surface area contributed by atoms with Crippen LogP contribution in [0.3, 0.4) is 0 Å². The lowest BCUT2D eigenvalue weighted by atomic mass is 9.90. The summed E-state index contributed by atoms with van der Waals surface area (Å²) >= 11 is 6.48. The van der Waals surface area contributed by atoms with Gasteiger partial charge in [0.05, 0.1) is 12.8 Å². The van der Waals surface area contributed by atoms with Crippen LogP contribution in [0.2, 0.25) is 5.02 Å². The van der Waals surface area contributed by atoms with Gasteiger partial charge < -0.3 is 15.0 Å². The highest BCUT2D eigenvalue weighted by molar-refractivity contribution is 6.31. The van der Waals surface area contributed by atoms with E-state index in [1.807, 2.05) is 12.1 Å². The van der Waals surface area contributed by atoms with Crippen molar-refractivity contribution in [1.29, 1.82) is 0 Å². The number of piperidine rings is 1. The van der Waals surface area contributed by atoms with Crippen LogP contribution in [-0.2, 0) is 6.42 Å². The van der Waals surface area contributed by atoms with Gasteiger partial charge in [-0.3, -0.25) is 4.90 Å². The summed E-state index contributed by atoms with van der Waals surface area (Å²) in [5.74, 6) is 1.61. The predicted octanol–water partition coefficient (Wildman–Crippen LogP) is 5.33. The van der Waals surface area contributed by atoms with Crippen LogP contribution in [0.25, 0.3) is 0 Å². The Morgan fingerprint density at radius 2 is 1.87 bits per heavy atom. The first-order valence-corrected chi connectivity index (χ1v) is 11.8. The number of ether oxygens (including phenoxy) is 1. The van der Waals surface area contributed by atoms with Crippen molar-refractivity contribution in [2.24, 2.45) is 5.92 Å². The Morgan fingerprint density at radius 1 is 1.10 bits per heavy atom. The highest BCUT2D eigenvalue weighted by atomic mass is 35.5. The molecule has 2 aliphatic heterocycles. The molecule has 166 valence electrons. The largest absolute Gasteiger partial charge is 0.491 e. The van der Waals surface area contributed by atoms with E-state index in [1.165, 1.54) is 29.8 Å². The summed E-state index contributed by atoms with van der Waals surface area (Å²) in [6.07, 6.45) is 5.99. The number of likely N-dealkylation sites (tertiary alicyclic amines) is 1. The van der Waals surface area contributed by atoms with Crippen molar-refractivity contribution in [1.82, 2.24) is 10.2 Å². The van der Waals surface area contributed by atoms with Crippen molar-refractivity contribution in [3.05, 3.63) is 70.9 Å². The second kappa shape index (κ2) is 10.4. The lowest BCUT2D eigenvalue weighted by molar-refractivity contribution is 0.193. The zero-order valence-electron chi connectivity index (χ0n) is 18.7. The van der Waals surface area contributed by atoms with E-state index >= 15 is 0 Å². The molecular weight excluding hydrogens is 406 g/mol. The molecule has 5 heteroatoms. The van der Waals surface area contributed by atoms with Gasteiger partial charge in [-0.15, -0.1) is 0 Å². The van der Waals surface area contributed by atoms with Crippen molar-refractivity contribution in [2.75, 3.05) is 37.7 Å². The molecule has 0 unspecified atom stereocenters. The first-order chi connectivity index (χ1) is 15.1. The van der Waals surface area contributed by atoms with E-state index in [0.29, 0.717) is 5.92 Å². The highest BCUT2D eigenvalue weighted by Crippen LogP contribution is 2.29. The van der Waals surface area contributed by atoms with Gasteiger partial charge in [-0.1, -0.05) is 29.8 Å². The summed E-state index contributed by atoms with van der Waals surface area (Å²) in [7, 11) is 0. The van der Waals surface area contributed by atoms with Gasteiger partial charge >= 0.3 is 0 Å². The molecule has 0 bridgehead atoms. The van der Waals surface area contributed by atoms with Crippen LogP contribution >= 0.6 is 11.6 Å². The minimum absolute atomic E-state index is 0.180. The van der Waals surface area contributed by atoms with E-state index in [4.69, 9.17) is 16.3 Å². The number of para-hydroxylation sites is 1. The first kappa shape index (κ1) is 22.0. The molecule has 4 rings (SSSR count). The number of anilines is 1. The Morgan fingerprint density at radius 3 is 2.55 bits per heavy atom. The van der Waals surface area contributed by atoms with Gasteiger partial charge in [0.15, 0.2) is 0 Å². The van der Waals surface area contributed by atoms with Gasteiger partial charge in [-0.25, -0.2) is 0 Å². The third-order valence-electron chi connectivity index (χ3n) is 6.18. The maximum Gasteiger partial charge on any atom is 0.120 e. The molecule has 2 aromatic rings. The Balaban J connectivity index is 1.25. The van der Waals surface area contributed by atoms with Crippen LogP contribution in [-0.4, -0.2) is 43.9 Å². The predicted molar refractivity (Wildman–Crippen MR) is 130 cm³/mol. The molecule has 4 nitrogen and oxygen atoms in total. The summed E-state index contributed by atoms with van der Waals surface area (Å²) in [5, 5.41) is 4.47. The van der Waals surface area contributed by atoms with E-state index in [1.54, 1.807) is 0 Å². The van der Waals surface area contributed by atoms with Crippen molar-refractivity contribution < 1.29 is 4.74 Å². The topological polar surface area (TPSA) is 27.7 Å². The lowest BCUT2D eigenvalue weighted by Gasteiger charge is -2.35. The molecule has 2 aromatic carbocycles. The monoisotopic (exact) mass is 439 g/mol. The number of halogens is 1. The fourth-order valence-electron chi connectivity index (χ4n) is 4.46. The molecule has 1 fully saturated rings. The molecule has 0 saturated carbocycles. The molecule has 1 N–H and O–H groups in total. The normalized spacial score (nSPS) is 18.1. The smallest absolute Gasteiger partial charge is 0.120 e. The Hall–Kier alpha value is -2.17. The second-order valence-electron chi connectivity index (χ2n) is 8.97. The summed E-state index contributed by atoms with van der Waals surface area (Å²) in [5.41, 5.74) is 3.84. The van der Waals surface area contributed by atoms with Crippen LogP contribution < -0.4 is 15.0 Å². The summed E-state index contributed by atoms with van der Waals surface area (Å²) in [6, 6.07) is 16.7. The number of rotatable bonds is 7. The fourth-order valence-corrected chi connectivity index (χ4v) is 4.66. The Labute approximate surface area is 191 Å². The average molecular weight is 440 g/mol. The van der Waals surface area contributed by atoms with E-state index in [9.17, 15) is 0 Å². The average Bonchev–Trinajstić information content (AvgIpc) is 2.78. The molecule has 1 saturated heterocycles. The van der Waals surface area contributed by atoms with Crippen molar-refractivity contribution in [3.8, 4) is 5.75 Å². The zero-order valence-corrected chi connectivity index (χ0v) is 19.4. The van der Waals surface area contributed by atoms with Gasteiger partial charge in [-0.2, -0.15) is 0 Å². The molecule has 0 aliphatic carbocycles. The van der Waals surface area contributed by atoms with Gasteiger partial charge in [0, 0.05) is 29.5 Å². The van der Waals surface area contributed by atoms with E-state index in [2.05, 4.69) is 71.4 Å². The van der Waals surface area contributed by atoms with E-state index in [0.717, 1.165) is 50.0 Å². The first-order valence-electron chi connectivity index (χ1n) is 11.5. The van der Waals surface area contributed by atoms with Gasteiger partial charge in [0.25, 0.3) is 0 Å².